The highest BCUT2D eigenvalue weighted by atomic mass is 32.1. The Balaban J connectivity index is 2.12. The number of hydrogen-bond donors (Lipinski definition) is 0. The van der Waals surface area contributed by atoms with E-state index in [2.05, 4.69) is 27.4 Å². The van der Waals surface area contributed by atoms with Crippen LogP contribution in [0.2, 0.25) is 0 Å². The normalized spacial score (nSPS) is 14.9. The first kappa shape index (κ1) is 16.3. The Morgan fingerprint density at radius 3 is 2.86 bits per heavy atom. The van der Waals surface area contributed by atoms with E-state index < -0.39 is 5.60 Å². The van der Waals surface area contributed by atoms with Crippen LogP contribution in [-0.2, 0) is 4.74 Å². The first-order chi connectivity index (χ1) is 10.4. The number of rotatable bonds is 2. The van der Waals surface area contributed by atoms with Crippen LogP contribution < -0.4 is 0 Å². The standard InChI is InChI=1S/C16H19N3O2S/c1-16(2,3)21-15(20)19-8-5-12(6-9-19)13-4-7-17-10-14(13)18-11-22/h4-5,7,10H,6,8-9H2,1-3H3. The molecular weight excluding hydrogens is 298 g/mol. The summed E-state index contributed by atoms with van der Waals surface area (Å²) in [5, 5.41) is 2.37. The van der Waals surface area contributed by atoms with E-state index in [1.54, 1.807) is 17.3 Å². The van der Waals surface area contributed by atoms with Gasteiger partial charge in [0.25, 0.3) is 0 Å². The fourth-order valence-corrected chi connectivity index (χ4v) is 2.30. The van der Waals surface area contributed by atoms with Crippen molar-refractivity contribution in [3.8, 4) is 0 Å². The molecule has 0 aromatic carbocycles. The number of nitrogens with zero attached hydrogens (tertiary/aromatic N) is 3. The van der Waals surface area contributed by atoms with Gasteiger partial charge in [-0.2, -0.15) is 4.99 Å². The van der Waals surface area contributed by atoms with Gasteiger partial charge in [-0.3, -0.25) is 4.98 Å². The number of hydrogen-bond acceptors (Lipinski definition) is 5. The summed E-state index contributed by atoms with van der Waals surface area (Å²) in [6, 6.07) is 1.90. The second-order valence-corrected chi connectivity index (χ2v) is 6.18. The van der Waals surface area contributed by atoms with Gasteiger partial charge < -0.3 is 9.64 Å². The first-order valence-corrected chi connectivity index (χ1v) is 7.51. The molecule has 0 saturated heterocycles. The molecule has 2 heterocycles. The van der Waals surface area contributed by atoms with Gasteiger partial charge in [0.15, 0.2) is 0 Å². The molecule has 0 N–H and O–H groups in total. The zero-order valence-electron chi connectivity index (χ0n) is 13.0. The van der Waals surface area contributed by atoms with Gasteiger partial charge in [-0.1, -0.05) is 6.08 Å². The summed E-state index contributed by atoms with van der Waals surface area (Å²) in [5.74, 6) is 0. The van der Waals surface area contributed by atoms with E-state index in [0.29, 0.717) is 18.8 Å². The number of aliphatic imine (C=N–C) groups is 1. The van der Waals surface area contributed by atoms with Crippen LogP contribution in [-0.4, -0.2) is 39.8 Å². The Labute approximate surface area is 135 Å². The van der Waals surface area contributed by atoms with Crippen LogP contribution in [0.4, 0.5) is 10.5 Å². The van der Waals surface area contributed by atoms with E-state index in [4.69, 9.17) is 4.74 Å². The topological polar surface area (TPSA) is 54.8 Å². The summed E-state index contributed by atoms with van der Waals surface area (Å²) < 4.78 is 5.39. The van der Waals surface area contributed by atoms with Crippen molar-refractivity contribution < 1.29 is 9.53 Å². The van der Waals surface area contributed by atoms with Crippen LogP contribution in [0.5, 0.6) is 0 Å². The van der Waals surface area contributed by atoms with Gasteiger partial charge >= 0.3 is 6.09 Å². The molecule has 116 valence electrons. The van der Waals surface area contributed by atoms with Crippen molar-refractivity contribution >= 4 is 34.7 Å². The Bertz CT molecular complexity index is 643. The summed E-state index contributed by atoms with van der Waals surface area (Å²) >= 11 is 4.67. The van der Waals surface area contributed by atoms with Crippen molar-refractivity contribution in [1.29, 1.82) is 0 Å². The van der Waals surface area contributed by atoms with Gasteiger partial charge in [-0.05, 0) is 51.0 Å². The number of carbonyl (C=O) groups excluding carboxylic acids is 1. The Morgan fingerprint density at radius 1 is 1.50 bits per heavy atom. The van der Waals surface area contributed by atoms with E-state index >= 15 is 0 Å². The molecule has 0 saturated carbocycles. The Morgan fingerprint density at radius 2 is 2.27 bits per heavy atom. The van der Waals surface area contributed by atoms with Gasteiger partial charge in [0.05, 0.1) is 17.0 Å². The van der Waals surface area contributed by atoms with Gasteiger partial charge in [0, 0.05) is 24.8 Å². The summed E-state index contributed by atoms with van der Waals surface area (Å²) in [4.78, 5) is 21.8. The zero-order valence-corrected chi connectivity index (χ0v) is 13.8. The molecule has 0 bridgehead atoms. The average molecular weight is 317 g/mol. The molecule has 0 spiro atoms. The van der Waals surface area contributed by atoms with E-state index in [1.807, 2.05) is 32.9 Å². The number of isothiocyanates is 1. The Hall–Kier alpha value is -2.04. The summed E-state index contributed by atoms with van der Waals surface area (Å²) in [7, 11) is 0. The number of aromatic nitrogens is 1. The lowest BCUT2D eigenvalue weighted by atomic mass is 9.99. The van der Waals surface area contributed by atoms with Crippen molar-refractivity contribution in [2.24, 2.45) is 4.99 Å². The van der Waals surface area contributed by atoms with Crippen LogP contribution in [0.25, 0.3) is 5.57 Å². The maximum absolute atomic E-state index is 12.0. The summed E-state index contributed by atoms with van der Waals surface area (Å²) in [5.41, 5.74) is 2.34. The maximum atomic E-state index is 12.0. The van der Waals surface area contributed by atoms with E-state index in [0.717, 1.165) is 17.6 Å². The van der Waals surface area contributed by atoms with Crippen LogP contribution in [0.3, 0.4) is 0 Å². The van der Waals surface area contributed by atoms with Crippen LogP contribution >= 0.6 is 12.2 Å². The highest BCUT2D eigenvalue weighted by Gasteiger charge is 2.24. The first-order valence-electron chi connectivity index (χ1n) is 7.10. The van der Waals surface area contributed by atoms with Gasteiger partial charge in [-0.15, -0.1) is 0 Å². The molecule has 6 heteroatoms. The third-order valence-corrected chi connectivity index (χ3v) is 3.26. The maximum Gasteiger partial charge on any atom is 0.410 e. The molecule has 0 aliphatic carbocycles. The van der Waals surface area contributed by atoms with Crippen molar-refractivity contribution in [2.75, 3.05) is 13.1 Å². The second kappa shape index (κ2) is 6.81. The van der Waals surface area contributed by atoms with E-state index in [-0.39, 0.29) is 6.09 Å². The zero-order chi connectivity index (χ0) is 16.2. The minimum Gasteiger partial charge on any atom is -0.444 e. The van der Waals surface area contributed by atoms with Crippen molar-refractivity contribution in [3.05, 3.63) is 30.1 Å². The van der Waals surface area contributed by atoms with Gasteiger partial charge in [-0.25, -0.2) is 4.79 Å². The molecule has 1 amide bonds. The fourth-order valence-electron chi connectivity index (χ4n) is 2.20. The van der Waals surface area contributed by atoms with Crippen LogP contribution in [0.1, 0.15) is 32.8 Å². The number of amides is 1. The number of carbonyl (C=O) groups is 1. The predicted octanol–water partition coefficient (Wildman–Crippen LogP) is 3.84. The number of pyridine rings is 1. The minimum atomic E-state index is -0.479. The number of thiocarbonyl (C=S) groups is 1. The highest BCUT2D eigenvalue weighted by Crippen LogP contribution is 2.29. The molecule has 0 fully saturated rings. The molecule has 1 aliphatic rings. The number of ether oxygens (including phenoxy) is 1. The minimum absolute atomic E-state index is 0.283. The van der Waals surface area contributed by atoms with Crippen LogP contribution in [0.15, 0.2) is 29.5 Å². The molecule has 0 atom stereocenters. The van der Waals surface area contributed by atoms with Crippen LogP contribution in [0, 0.1) is 0 Å². The monoisotopic (exact) mass is 317 g/mol. The van der Waals surface area contributed by atoms with E-state index in [1.165, 1.54) is 0 Å². The van der Waals surface area contributed by atoms with Crippen molar-refractivity contribution in [2.45, 2.75) is 32.8 Å². The molecule has 1 aromatic heterocycles. The molecule has 1 aromatic rings. The lowest BCUT2D eigenvalue weighted by Crippen LogP contribution is -2.39. The molecule has 5 nitrogen and oxygen atoms in total. The summed E-state index contributed by atoms with van der Waals surface area (Å²) in [6.45, 7) is 6.73. The van der Waals surface area contributed by atoms with Crippen molar-refractivity contribution in [3.63, 3.8) is 0 Å². The van der Waals surface area contributed by atoms with Crippen molar-refractivity contribution in [1.82, 2.24) is 9.88 Å². The molecule has 2 rings (SSSR count). The third kappa shape index (κ3) is 4.23. The van der Waals surface area contributed by atoms with E-state index in [9.17, 15) is 4.79 Å². The second-order valence-electron chi connectivity index (χ2n) is 6.00. The smallest absolute Gasteiger partial charge is 0.410 e. The predicted molar refractivity (Wildman–Crippen MR) is 89.3 cm³/mol. The lowest BCUT2D eigenvalue weighted by molar-refractivity contribution is 0.0270. The quantitative estimate of drug-likeness (QED) is 0.614. The molecular formula is C16H19N3O2S. The molecule has 1 aliphatic heterocycles. The largest absolute Gasteiger partial charge is 0.444 e. The van der Waals surface area contributed by atoms with Gasteiger partial charge in [0.2, 0.25) is 0 Å². The third-order valence-electron chi connectivity index (χ3n) is 3.17. The summed E-state index contributed by atoms with van der Waals surface area (Å²) in [6.07, 6.45) is 5.86. The highest BCUT2D eigenvalue weighted by molar-refractivity contribution is 7.78. The van der Waals surface area contributed by atoms with Gasteiger partial charge in [0.1, 0.15) is 5.60 Å². The average Bonchev–Trinajstić information content (AvgIpc) is 2.47. The lowest BCUT2D eigenvalue weighted by Gasteiger charge is -2.29. The Kier molecular flexibility index (Phi) is 5.06. The molecule has 22 heavy (non-hydrogen) atoms. The molecule has 0 radical (unpaired) electrons. The SMILES string of the molecule is CC(C)(C)OC(=O)N1CC=C(c2ccncc2N=C=S)CC1. The molecule has 0 unspecified atom stereocenters. The fraction of sp³-hybridized carbons (Fsp3) is 0.438.